The van der Waals surface area contributed by atoms with Crippen molar-refractivity contribution in [1.29, 1.82) is 0 Å². The lowest BCUT2D eigenvalue weighted by Crippen LogP contribution is -2.53. The normalized spacial score (nSPS) is 15.7. The van der Waals surface area contributed by atoms with E-state index in [4.69, 9.17) is 4.99 Å². The molecule has 2 N–H and O–H groups in total. The predicted octanol–water partition coefficient (Wildman–Crippen LogP) is 1.14. The maximum absolute atomic E-state index is 12.3. The molecule has 0 atom stereocenters. The molecule has 0 aliphatic carbocycles. The van der Waals surface area contributed by atoms with E-state index in [0.29, 0.717) is 19.6 Å². The summed E-state index contributed by atoms with van der Waals surface area (Å²) >= 11 is 0. The summed E-state index contributed by atoms with van der Waals surface area (Å²) in [6, 6.07) is 7.36. The Morgan fingerprint density at radius 1 is 1.10 bits per heavy atom. The number of nitrogens with zero attached hydrogens (tertiary/aromatic N) is 3. The largest absolute Gasteiger partial charge is 0.357 e. The molecule has 1 fully saturated rings. The minimum atomic E-state index is -3.40. The van der Waals surface area contributed by atoms with Crippen molar-refractivity contribution < 1.29 is 13.2 Å². The summed E-state index contributed by atoms with van der Waals surface area (Å²) in [6.07, 6.45) is 0. The molecular formula is C20H33N5O3S. The van der Waals surface area contributed by atoms with Gasteiger partial charge in [0.05, 0.1) is 12.3 Å². The van der Waals surface area contributed by atoms with Crippen LogP contribution in [0.15, 0.2) is 29.3 Å². The van der Waals surface area contributed by atoms with Gasteiger partial charge in [0.2, 0.25) is 15.9 Å². The third-order valence-electron chi connectivity index (χ3n) is 4.64. The molecule has 0 bridgehead atoms. The van der Waals surface area contributed by atoms with Gasteiger partial charge in [-0.05, 0) is 31.9 Å². The SMILES string of the molecule is CCNC(=NCc1ccccc1CS(=O)(=O)NC(C)C)N1CCN(C(C)=O)CC1. The summed E-state index contributed by atoms with van der Waals surface area (Å²) in [5.74, 6) is 0.815. The molecule has 0 aromatic heterocycles. The fraction of sp³-hybridized carbons (Fsp3) is 0.600. The average molecular weight is 424 g/mol. The second-order valence-corrected chi connectivity index (χ2v) is 9.22. The van der Waals surface area contributed by atoms with Crippen LogP contribution in [0.2, 0.25) is 0 Å². The molecule has 1 aliphatic heterocycles. The lowest BCUT2D eigenvalue weighted by Gasteiger charge is -2.36. The van der Waals surface area contributed by atoms with Gasteiger partial charge in [0.15, 0.2) is 5.96 Å². The zero-order chi connectivity index (χ0) is 21.4. The molecule has 0 saturated carbocycles. The molecule has 1 aliphatic rings. The van der Waals surface area contributed by atoms with Crippen LogP contribution >= 0.6 is 0 Å². The summed E-state index contributed by atoms with van der Waals surface area (Å²) in [7, 11) is -3.40. The lowest BCUT2D eigenvalue weighted by molar-refractivity contribution is -0.130. The van der Waals surface area contributed by atoms with Crippen LogP contribution in [0.1, 0.15) is 38.8 Å². The maximum Gasteiger partial charge on any atom is 0.219 e. The van der Waals surface area contributed by atoms with Crippen LogP contribution in [-0.4, -0.2) is 68.8 Å². The van der Waals surface area contributed by atoms with Crippen molar-refractivity contribution in [3.63, 3.8) is 0 Å². The first-order valence-electron chi connectivity index (χ1n) is 10.1. The Bertz CT molecular complexity index is 815. The topological polar surface area (TPSA) is 94.1 Å². The van der Waals surface area contributed by atoms with Gasteiger partial charge in [-0.15, -0.1) is 0 Å². The van der Waals surface area contributed by atoms with Crippen LogP contribution in [0.3, 0.4) is 0 Å². The summed E-state index contributed by atoms with van der Waals surface area (Å²) in [5.41, 5.74) is 1.64. The first-order valence-corrected chi connectivity index (χ1v) is 11.7. The molecule has 0 unspecified atom stereocenters. The van der Waals surface area contributed by atoms with E-state index in [1.807, 2.05) is 49.9 Å². The van der Waals surface area contributed by atoms with Gasteiger partial charge in [-0.1, -0.05) is 24.3 Å². The Labute approximate surface area is 174 Å². The summed E-state index contributed by atoms with van der Waals surface area (Å²) in [4.78, 5) is 20.3. The van der Waals surface area contributed by atoms with Crippen molar-refractivity contribution in [1.82, 2.24) is 19.8 Å². The molecule has 1 amide bonds. The number of rotatable bonds is 7. The molecule has 9 heteroatoms. The summed E-state index contributed by atoms with van der Waals surface area (Å²) < 4.78 is 27.3. The number of guanidine groups is 1. The second kappa shape index (κ2) is 10.6. The van der Waals surface area contributed by atoms with Gasteiger partial charge in [0.1, 0.15) is 0 Å². The van der Waals surface area contributed by atoms with Crippen LogP contribution in [0.25, 0.3) is 0 Å². The van der Waals surface area contributed by atoms with Gasteiger partial charge < -0.3 is 15.1 Å². The first kappa shape index (κ1) is 23.2. The predicted molar refractivity (Wildman–Crippen MR) is 116 cm³/mol. The fourth-order valence-electron chi connectivity index (χ4n) is 3.28. The number of carbonyl (C=O) groups is 1. The van der Waals surface area contributed by atoms with Gasteiger partial charge in [-0.3, -0.25) is 4.79 Å². The average Bonchev–Trinajstić information content (AvgIpc) is 2.65. The minimum absolute atomic E-state index is 0.0648. The highest BCUT2D eigenvalue weighted by Crippen LogP contribution is 2.14. The quantitative estimate of drug-likeness (QED) is 0.507. The molecule has 29 heavy (non-hydrogen) atoms. The fourth-order valence-corrected chi connectivity index (χ4v) is 4.77. The number of piperazine rings is 1. The third-order valence-corrected chi connectivity index (χ3v) is 6.16. The maximum atomic E-state index is 12.3. The van der Waals surface area contributed by atoms with Crippen LogP contribution in [0.5, 0.6) is 0 Å². The Balaban J connectivity index is 2.13. The van der Waals surface area contributed by atoms with E-state index < -0.39 is 10.0 Å². The van der Waals surface area contributed by atoms with E-state index in [9.17, 15) is 13.2 Å². The number of sulfonamides is 1. The zero-order valence-electron chi connectivity index (χ0n) is 17.8. The standard InChI is InChI=1S/C20H33N5O3S/c1-5-21-20(25-12-10-24(11-13-25)17(4)26)22-14-18-8-6-7-9-19(18)15-29(27,28)23-16(2)3/h6-9,16,23H,5,10-15H2,1-4H3,(H,21,22). The number of hydrogen-bond acceptors (Lipinski definition) is 4. The van der Waals surface area contributed by atoms with Crippen molar-refractivity contribution in [2.24, 2.45) is 4.99 Å². The Hall–Kier alpha value is -2.13. The van der Waals surface area contributed by atoms with E-state index in [1.54, 1.807) is 6.92 Å². The van der Waals surface area contributed by atoms with Crippen LogP contribution in [0.4, 0.5) is 0 Å². The summed E-state index contributed by atoms with van der Waals surface area (Å²) in [5, 5.41) is 3.30. The Morgan fingerprint density at radius 3 is 2.24 bits per heavy atom. The van der Waals surface area contributed by atoms with E-state index in [2.05, 4.69) is 14.9 Å². The highest BCUT2D eigenvalue weighted by molar-refractivity contribution is 7.88. The van der Waals surface area contributed by atoms with Gasteiger partial charge in [0.25, 0.3) is 0 Å². The smallest absolute Gasteiger partial charge is 0.219 e. The minimum Gasteiger partial charge on any atom is -0.357 e. The van der Waals surface area contributed by atoms with Crippen molar-refractivity contribution in [2.45, 2.75) is 46.0 Å². The van der Waals surface area contributed by atoms with E-state index in [0.717, 1.165) is 36.7 Å². The number of hydrogen-bond donors (Lipinski definition) is 2. The molecular weight excluding hydrogens is 390 g/mol. The Kier molecular flexibility index (Phi) is 8.45. The molecule has 1 saturated heterocycles. The molecule has 8 nitrogen and oxygen atoms in total. The van der Waals surface area contributed by atoms with E-state index in [1.165, 1.54) is 0 Å². The van der Waals surface area contributed by atoms with E-state index in [-0.39, 0.29) is 17.7 Å². The number of carbonyl (C=O) groups excluding carboxylic acids is 1. The first-order chi connectivity index (χ1) is 13.7. The third kappa shape index (κ3) is 7.32. The monoisotopic (exact) mass is 423 g/mol. The van der Waals surface area contributed by atoms with Crippen molar-refractivity contribution in [3.05, 3.63) is 35.4 Å². The molecule has 0 radical (unpaired) electrons. The van der Waals surface area contributed by atoms with Crippen LogP contribution in [-0.2, 0) is 27.1 Å². The van der Waals surface area contributed by atoms with E-state index >= 15 is 0 Å². The molecule has 1 heterocycles. The number of benzene rings is 1. The highest BCUT2D eigenvalue weighted by atomic mass is 32.2. The van der Waals surface area contributed by atoms with Gasteiger partial charge in [-0.25, -0.2) is 18.1 Å². The number of nitrogens with one attached hydrogen (secondary N) is 2. The van der Waals surface area contributed by atoms with Gasteiger partial charge in [-0.2, -0.15) is 0 Å². The van der Waals surface area contributed by atoms with Crippen molar-refractivity contribution >= 4 is 21.9 Å². The van der Waals surface area contributed by atoms with Crippen molar-refractivity contribution in [2.75, 3.05) is 32.7 Å². The van der Waals surface area contributed by atoms with Gasteiger partial charge in [0, 0.05) is 45.7 Å². The number of amides is 1. The van der Waals surface area contributed by atoms with Gasteiger partial charge >= 0.3 is 0 Å². The lowest BCUT2D eigenvalue weighted by atomic mass is 10.1. The number of aliphatic imine (C=N–C) groups is 1. The molecule has 2 rings (SSSR count). The molecule has 162 valence electrons. The second-order valence-electron chi connectivity index (χ2n) is 7.46. The Morgan fingerprint density at radius 2 is 1.69 bits per heavy atom. The molecule has 1 aromatic carbocycles. The summed E-state index contributed by atoms with van der Waals surface area (Å²) in [6.45, 7) is 11.1. The van der Waals surface area contributed by atoms with Crippen LogP contribution in [0, 0.1) is 0 Å². The van der Waals surface area contributed by atoms with Crippen molar-refractivity contribution in [3.8, 4) is 0 Å². The molecule has 1 aromatic rings. The van der Waals surface area contributed by atoms with Crippen LogP contribution < -0.4 is 10.0 Å². The highest BCUT2D eigenvalue weighted by Gasteiger charge is 2.21. The molecule has 0 spiro atoms. The zero-order valence-corrected chi connectivity index (χ0v) is 18.6.